The van der Waals surface area contributed by atoms with Crippen molar-refractivity contribution in [3.05, 3.63) is 35.9 Å². The Morgan fingerprint density at radius 2 is 1.88 bits per heavy atom. The average Bonchev–Trinajstić information content (AvgIpc) is 2.93. The van der Waals surface area contributed by atoms with Crippen molar-refractivity contribution in [3.8, 4) is 0 Å². The van der Waals surface area contributed by atoms with E-state index >= 15 is 0 Å². The molecule has 3 aliphatic rings. The molecule has 1 amide bonds. The highest BCUT2D eigenvalue weighted by Gasteiger charge is 2.43. The normalized spacial score (nSPS) is 28.6. The third-order valence-corrected chi connectivity index (χ3v) is 6.41. The lowest BCUT2D eigenvalue weighted by molar-refractivity contribution is -0.137. The molecule has 0 unspecified atom stereocenters. The van der Waals surface area contributed by atoms with E-state index in [9.17, 15) is 4.79 Å². The first kappa shape index (κ1) is 17.0. The zero-order valence-corrected chi connectivity index (χ0v) is 15.3. The van der Waals surface area contributed by atoms with Crippen molar-refractivity contribution in [1.29, 1.82) is 0 Å². The lowest BCUT2D eigenvalue weighted by Gasteiger charge is -2.37. The Morgan fingerprint density at radius 1 is 1.04 bits per heavy atom. The lowest BCUT2D eigenvalue weighted by Crippen LogP contribution is -2.57. The number of nitrogens with zero attached hydrogens (tertiary/aromatic N) is 2. The van der Waals surface area contributed by atoms with Gasteiger partial charge < -0.3 is 10.2 Å². The van der Waals surface area contributed by atoms with Gasteiger partial charge in [-0.05, 0) is 50.6 Å². The SMILES string of the molecule is O=C(N1CCCN(C2CCC2)CC1)[C@@]1(Cc2ccccc2)CCCN1. The molecule has 3 fully saturated rings. The molecular weight excluding hydrogens is 310 g/mol. The Hall–Kier alpha value is -1.39. The predicted molar refractivity (Wildman–Crippen MR) is 101 cm³/mol. The van der Waals surface area contributed by atoms with Gasteiger partial charge in [0.05, 0.1) is 0 Å². The van der Waals surface area contributed by atoms with Crippen LogP contribution in [0.5, 0.6) is 0 Å². The number of nitrogens with one attached hydrogen (secondary N) is 1. The van der Waals surface area contributed by atoms with E-state index < -0.39 is 0 Å². The van der Waals surface area contributed by atoms with Crippen molar-refractivity contribution in [2.24, 2.45) is 0 Å². The van der Waals surface area contributed by atoms with E-state index in [0.717, 1.165) is 64.4 Å². The van der Waals surface area contributed by atoms with Gasteiger partial charge in [-0.15, -0.1) is 0 Å². The van der Waals surface area contributed by atoms with Gasteiger partial charge in [0.25, 0.3) is 0 Å². The number of carbonyl (C=O) groups is 1. The maximum absolute atomic E-state index is 13.5. The summed E-state index contributed by atoms with van der Waals surface area (Å²) in [5, 5.41) is 3.59. The first-order valence-electron chi connectivity index (χ1n) is 10.1. The van der Waals surface area contributed by atoms with E-state index in [1.807, 2.05) is 6.07 Å². The number of amides is 1. The maximum Gasteiger partial charge on any atom is 0.243 e. The van der Waals surface area contributed by atoms with Crippen LogP contribution in [0.15, 0.2) is 30.3 Å². The number of carbonyl (C=O) groups excluding carboxylic acids is 1. The van der Waals surface area contributed by atoms with Crippen molar-refractivity contribution in [2.75, 3.05) is 32.7 Å². The standard InChI is InChI=1S/C21H31N3O/c25-20(24-14-6-13-23(15-16-24)19-9-4-10-19)21(11-5-12-22-21)17-18-7-2-1-3-8-18/h1-3,7-8,19,22H,4-6,9-17H2/t21-/m0/s1. The Balaban J connectivity index is 1.45. The fourth-order valence-electron chi connectivity index (χ4n) is 4.72. The molecule has 1 atom stereocenters. The molecule has 4 nitrogen and oxygen atoms in total. The average molecular weight is 341 g/mol. The summed E-state index contributed by atoms with van der Waals surface area (Å²) in [5.74, 6) is 0.337. The molecule has 0 spiro atoms. The fraction of sp³-hybridized carbons (Fsp3) is 0.667. The van der Waals surface area contributed by atoms with Gasteiger partial charge in [0.15, 0.2) is 0 Å². The molecule has 4 heteroatoms. The van der Waals surface area contributed by atoms with Crippen LogP contribution in [0, 0.1) is 0 Å². The van der Waals surface area contributed by atoms with Crippen LogP contribution in [0.2, 0.25) is 0 Å². The molecule has 4 rings (SSSR count). The monoisotopic (exact) mass is 341 g/mol. The summed E-state index contributed by atoms with van der Waals surface area (Å²) >= 11 is 0. The van der Waals surface area contributed by atoms with Gasteiger partial charge in [0, 0.05) is 32.2 Å². The predicted octanol–water partition coefficient (Wildman–Crippen LogP) is 2.44. The Bertz CT molecular complexity index is 578. The lowest BCUT2D eigenvalue weighted by atomic mass is 9.87. The quantitative estimate of drug-likeness (QED) is 0.914. The minimum absolute atomic E-state index is 0.337. The number of hydrogen-bond acceptors (Lipinski definition) is 3. The van der Waals surface area contributed by atoms with Crippen LogP contribution < -0.4 is 5.32 Å². The van der Waals surface area contributed by atoms with Crippen LogP contribution in [0.25, 0.3) is 0 Å². The van der Waals surface area contributed by atoms with E-state index in [-0.39, 0.29) is 5.54 Å². The second kappa shape index (κ2) is 7.46. The molecule has 2 aliphatic heterocycles. The summed E-state index contributed by atoms with van der Waals surface area (Å²) in [6.45, 7) is 4.99. The molecule has 2 saturated heterocycles. The zero-order chi connectivity index (χ0) is 17.1. The van der Waals surface area contributed by atoms with Crippen molar-refractivity contribution in [3.63, 3.8) is 0 Å². The molecule has 0 bridgehead atoms. The van der Waals surface area contributed by atoms with Crippen molar-refractivity contribution in [2.45, 2.75) is 56.5 Å². The van der Waals surface area contributed by atoms with Gasteiger partial charge in [-0.25, -0.2) is 0 Å². The van der Waals surface area contributed by atoms with Gasteiger partial charge in [-0.3, -0.25) is 9.69 Å². The van der Waals surface area contributed by atoms with Crippen LogP contribution >= 0.6 is 0 Å². The Labute approximate surface area is 151 Å². The third-order valence-electron chi connectivity index (χ3n) is 6.41. The summed E-state index contributed by atoms with van der Waals surface area (Å²) in [6, 6.07) is 11.3. The molecular formula is C21H31N3O. The number of benzene rings is 1. The summed E-state index contributed by atoms with van der Waals surface area (Å²) in [4.78, 5) is 18.3. The molecule has 2 heterocycles. The number of hydrogen-bond donors (Lipinski definition) is 1. The Kier molecular flexibility index (Phi) is 5.09. The minimum atomic E-state index is -0.382. The molecule has 1 aliphatic carbocycles. The van der Waals surface area contributed by atoms with Gasteiger partial charge in [0.2, 0.25) is 5.91 Å². The van der Waals surface area contributed by atoms with Gasteiger partial charge in [-0.1, -0.05) is 36.8 Å². The van der Waals surface area contributed by atoms with Gasteiger partial charge >= 0.3 is 0 Å². The maximum atomic E-state index is 13.5. The van der Waals surface area contributed by atoms with Crippen LogP contribution in [0.1, 0.15) is 44.1 Å². The molecule has 25 heavy (non-hydrogen) atoms. The summed E-state index contributed by atoms with van der Waals surface area (Å²) < 4.78 is 0. The Morgan fingerprint density at radius 3 is 2.56 bits per heavy atom. The topological polar surface area (TPSA) is 35.6 Å². The highest BCUT2D eigenvalue weighted by molar-refractivity contribution is 5.87. The van der Waals surface area contributed by atoms with Crippen LogP contribution in [0.4, 0.5) is 0 Å². The molecule has 136 valence electrons. The first-order chi connectivity index (χ1) is 12.3. The molecule has 0 aromatic heterocycles. The number of rotatable bonds is 4. The summed E-state index contributed by atoms with van der Waals surface area (Å²) in [6.07, 6.45) is 8.08. The highest BCUT2D eigenvalue weighted by Crippen LogP contribution is 2.29. The summed E-state index contributed by atoms with van der Waals surface area (Å²) in [7, 11) is 0. The molecule has 1 saturated carbocycles. The van der Waals surface area contributed by atoms with Crippen molar-refractivity contribution >= 4 is 5.91 Å². The first-order valence-corrected chi connectivity index (χ1v) is 10.1. The van der Waals surface area contributed by atoms with E-state index in [2.05, 4.69) is 39.4 Å². The van der Waals surface area contributed by atoms with Gasteiger partial charge in [-0.2, -0.15) is 0 Å². The largest absolute Gasteiger partial charge is 0.340 e. The zero-order valence-electron chi connectivity index (χ0n) is 15.3. The molecule has 1 N–H and O–H groups in total. The second-order valence-corrected chi connectivity index (χ2v) is 8.04. The van der Waals surface area contributed by atoms with Crippen LogP contribution in [-0.2, 0) is 11.2 Å². The van der Waals surface area contributed by atoms with Crippen LogP contribution in [0.3, 0.4) is 0 Å². The molecule has 1 aromatic rings. The van der Waals surface area contributed by atoms with E-state index in [1.165, 1.54) is 24.8 Å². The highest BCUT2D eigenvalue weighted by atomic mass is 16.2. The third kappa shape index (κ3) is 3.61. The van der Waals surface area contributed by atoms with Gasteiger partial charge in [0.1, 0.15) is 5.54 Å². The minimum Gasteiger partial charge on any atom is -0.340 e. The van der Waals surface area contributed by atoms with Crippen molar-refractivity contribution < 1.29 is 4.79 Å². The van der Waals surface area contributed by atoms with E-state index in [0.29, 0.717) is 5.91 Å². The second-order valence-electron chi connectivity index (χ2n) is 8.04. The van der Waals surface area contributed by atoms with Crippen molar-refractivity contribution in [1.82, 2.24) is 15.1 Å². The fourth-order valence-corrected chi connectivity index (χ4v) is 4.72. The molecule has 1 aromatic carbocycles. The smallest absolute Gasteiger partial charge is 0.243 e. The van der Waals surface area contributed by atoms with E-state index in [4.69, 9.17) is 0 Å². The molecule has 0 radical (unpaired) electrons. The van der Waals surface area contributed by atoms with E-state index in [1.54, 1.807) is 0 Å². The summed E-state index contributed by atoms with van der Waals surface area (Å²) in [5.41, 5.74) is 0.878. The van der Waals surface area contributed by atoms with Crippen LogP contribution in [-0.4, -0.2) is 60.0 Å².